The number of nitrogens with two attached hydrogens (primary N) is 1. The molecular weight excluding hydrogens is 479 g/mol. The van der Waals surface area contributed by atoms with Crippen molar-refractivity contribution in [2.24, 2.45) is 10.7 Å². The Hall–Kier alpha value is -2.33. The van der Waals surface area contributed by atoms with Crippen LogP contribution >= 0.6 is 35.6 Å². The fourth-order valence-electron chi connectivity index (χ4n) is 2.39. The Morgan fingerprint density at radius 1 is 1.30 bits per heavy atom. The van der Waals surface area contributed by atoms with Crippen LogP contribution in [0, 0.1) is 6.92 Å². The van der Waals surface area contributed by atoms with Crippen molar-refractivity contribution in [2.45, 2.75) is 13.5 Å². The molecule has 3 aromatic rings. The van der Waals surface area contributed by atoms with Gasteiger partial charge in [0.1, 0.15) is 11.6 Å². The van der Waals surface area contributed by atoms with Crippen LogP contribution in [0.2, 0.25) is 5.02 Å². The number of guanidine groups is 1. The van der Waals surface area contributed by atoms with Gasteiger partial charge >= 0.3 is 0 Å². The zero-order valence-corrected chi connectivity index (χ0v) is 17.9. The molecule has 142 valence electrons. The molecule has 3 rings (SSSR count). The molecule has 0 radical (unpaired) electrons. The van der Waals surface area contributed by atoms with E-state index in [1.165, 1.54) is 0 Å². The largest absolute Gasteiger partial charge is 0.495 e. The number of nitrogens with one attached hydrogen (secondary N) is 2. The SMILES string of the molecule is COc1ccc(NC(N)=NCc2cccc(-c3n[nH]c(C)n3)c2)cc1Cl.I. The van der Waals surface area contributed by atoms with Gasteiger partial charge in [-0.1, -0.05) is 29.8 Å². The van der Waals surface area contributed by atoms with Gasteiger partial charge in [0.15, 0.2) is 11.8 Å². The Balaban J connectivity index is 0.00000261. The smallest absolute Gasteiger partial charge is 0.193 e. The van der Waals surface area contributed by atoms with Gasteiger partial charge < -0.3 is 15.8 Å². The molecule has 0 aliphatic carbocycles. The van der Waals surface area contributed by atoms with Crippen LogP contribution in [-0.2, 0) is 6.54 Å². The Labute approximate surface area is 179 Å². The maximum absolute atomic E-state index is 6.10. The second-order valence-electron chi connectivity index (χ2n) is 5.62. The molecule has 9 heteroatoms. The number of nitrogens with zero attached hydrogens (tertiary/aromatic N) is 3. The van der Waals surface area contributed by atoms with E-state index in [9.17, 15) is 0 Å². The van der Waals surface area contributed by atoms with Crippen LogP contribution in [0.5, 0.6) is 5.75 Å². The van der Waals surface area contributed by atoms with Gasteiger partial charge in [-0.25, -0.2) is 9.98 Å². The first-order valence-electron chi connectivity index (χ1n) is 7.94. The van der Waals surface area contributed by atoms with E-state index in [0.717, 1.165) is 22.6 Å². The first-order chi connectivity index (χ1) is 12.5. The monoisotopic (exact) mass is 498 g/mol. The molecule has 0 fully saturated rings. The van der Waals surface area contributed by atoms with Gasteiger partial charge in [-0.05, 0) is 36.8 Å². The number of aryl methyl sites for hydroxylation is 1. The van der Waals surface area contributed by atoms with Crippen molar-refractivity contribution in [1.29, 1.82) is 0 Å². The van der Waals surface area contributed by atoms with Crippen LogP contribution in [-0.4, -0.2) is 28.3 Å². The minimum Gasteiger partial charge on any atom is -0.495 e. The van der Waals surface area contributed by atoms with Gasteiger partial charge in [0.2, 0.25) is 0 Å². The second-order valence-corrected chi connectivity index (χ2v) is 6.03. The quantitative estimate of drug-likeness (QED) is 0.281. The summed E-state index contributed by atoms with van der Waals surface area (Å²) in [6, 6.07) is 13.2. The molecule has 0 aliphatic heterocycles. The molecule has 1 heterocycles. The van der Waals surface area contributed by atoms with Crippen LogP contribution in [0.4, 0.5) is 5.69 Å². The van der Waals surface area contributed by atoms with E-state index in [1.54, 1.807) is 19.2 Å². The normalized spacial score (nSPS) is 11.0. The molecule has 7 nitrogen and oxygen atoms in total. The summed E-state index contributed by atoms with van der Waals surface area (Å²) in [6.07, 6.45) is 0. The second kappa shape index (κ2) is 9.56. The highest BCUT2D eigenvalue weighted by atomic mass is 127. The fourth-order valence-corrected chi connectivity index (χ4v) is 2.65. The van der Waals surface area contributed by atoms with Crippen LogP contribution in [0.1, 0.15) is 11.4 Å². The molecular formula is C18H20ClIN6O. The minimum atomic E-state index is 0. The van der Waals surface area contributed by atoms with E-state index in [4.69, 9.17) is 22.1 Å². The molecule has 1 aromatic heterocycles. The maximum atomic E-state index is 6.10. The van der Waals surface area contributed by atoms with Crippen molar-refractivity contribution < 1.29 is 4.74 Å². The number of methoxy groups -OCH3 is 1. The van der Waals surface area contributed by atoms with E-state index < -0.39 is 0 Å². The van der Waals surface area contributed by atoms with Crippen LogP contribution in [0.3, 0.4) is 0 Å². The maximum Gasteiger partial charge on any atom is 0.193 e. The predicted octanol–water partition coefficient (Wildman–Crippen LogP) is 3.99. The number of benzene rings is 2. The molecule has 4 N–H and O–H groups in total. The summed E-state index contributed by atoms with van der Waals surface area (Å²) < 4.78 is 5.13. The van der Waals surface area contributed by atoms with Crippen molar-refractivity contribution >= 4 is 47.2 Å². The summed E-state index contributed by atoms with van der Waals surface area (Å²) in [6.45, 7) is 2.29. The van der Waals surface area contributed by atoms with Gasteiger partial charge in [-0.2, -0.15) is 5.10 Å². The van der Waals surface area contributed by atoms with E-state index in [1.807, 2.05) is 37.3 Å². The van der Waals surface area contributed by atoms with Crippen LogP contribution < -0.4 is 15.8 Å². The summed E-state index contributed by atoms with van der Waals surface area (Å²) in [5, 5.41) is 10.5. The number of rotatable bonds is 5. The van der Waals surface area contributed by atoms with Gasteiger partial charge in [-0.3, -0.25) is 5.10 Å². The average molecular weight is 499 g/mol. The van der Waals surface area contributed by atoms with Crippen LogP contribution in [0.15, 0.2) is 47.5 Å². The zero-order valence-electron chi connectivity index (χ0n) is 14.9. The Bertz CT molecular complexity index is 943. The number of anilines is 1. The van der Waals surface area contributed by atoms with Crippen molar-refractivity contribution in [2.75, 3.05) is 12.4 Å². The minimum absolute atomic E-state index is 0. The third-order valence-electron chi connectivity index (χ3n) is 3.64. The summed E-state index contributed by atoms with van der Waals surface area (Å²) in [7, 11) is 1.57. The number of halogens is 2. The van der Waals surface area contributed by atoms with E-state index in [-0.39, 0.29) is 24.0 Å². The Morgan fingerprint density at radius 2 is 2.11 bits per heavy atom. The number of ether oxygens (including phenoxy) is 1. The van der Waals surface area contributed by atoms with Crippen molar-refractivity contribution in [3.8, 4) is 17.1 Å². The highest BCUT2D eigenvalue weighted by Crippen LogP contribution is 2.27. The summed E-state index contributed by atoms with van der Waals surface area (Å²) in [5.74, 6) is 2.33. The van der Waals surface area contributed by atoms with Crippen molar-refractivity contribution in [3.05, 3.63) is 58.9 Å². The van der Waals surface area contributed by atoms with Crippen molar-refractivity contribution in [1.82, 2.24) is 15.2 Å². The molecule has 0 amide bonds. The fraction of sp³-hybridized carbons (Fsp3) is 0.167. The molecule has 0 spiro atoms. The Kier molecular flexibility index (Phi) is 7.43. The Morgan fingerprint density at radius 3 is 2.78 bits per heavy atom. The third kappa shape index (κ3) is 5.57. The first-order valence-corrected chi connectivity index (χ1v) is 8.32. The number of H-pyrrole nitrogens is 1. The lowest BCUT2D eigenvalue weighted by molar-refractivity contribution is 0.415. The molecule has 0 unspecified atom stereocenters. The number of hydrogen-bond acceptors (Lipinski definition) is 4. The molecule has 27 heavy (non-hydrogen) atoms. The molecule has 0 bridgehead atoms. The molecule has 0 saturated heterocycles. The van der Waals surface area contributed by atoms with Gasteiger partial charge in [0.25, 0.3) is 0 Å². The predicted molar refractivity (Wildman–Crippen MR) is 119 cm³/mol. The highest BCUT2D eigenvalue weighted by molar-refractivity contribution is 14.0. The third-order valence-corrected chi connectivity index (χ3v) is 3.93. The van der Waals surface area contributed by atoms with Gasteiger partial charge in [0.05, 0.1) is 18.7 Å². The molecule has 2 aromatic carbocycles. The van der Waals surface area contributed by atoms with Crippen LogP contribution in [0.25, 0.3) is 11.4 Å². The van der Waals surface area contributed by atoms with Gasteiger partial charge in [0, 0.05) is 11.3 Å². The topological polar surface area (TPSA) is 101 Å². The first kappa shape index (κ1) is 21.0. The number of hydrogen-bond donors (Lipinski definition) is 3. The lowest BCUT2D eigenvalue weighted by Crippen LogP contribution is -2.22. The zero-order chi connectivity index (χ0) is 18.5. The highest BCUT2D eigenvalue weighted by Gasteiger charge is 2.05. The number of aromatic amines is 1. The summed E-state index contributed by atoms with van der Waals surface area (Å²) >= 11 is 6.10. The number of aromatic nitrogens is 3. The van der Waals surface area contributed by atoms with Crippen molar-refractivity contribution in [3.63, 3.8) is 0 Å². The summed E-state index contributed by atoms with van der Waals surface area (Å²) in [5.41, 5.74) is 8.63. The van der Waals surface area contributed by atoms with Gasteiger partial charge in [-0.15, -0.1) is 24.0 Å². The lowest BCUT2D eigenvalue weighted by atomic mass is 10.1. The number of aliphatic imine (C=N–C) groups is 1. The summed E-state index contributed by atoms with van der Waals surface area (Å²) in [4.78, 5) is 8.70. The average Bonchev–Trinajstić information content (AvgIpc) is 3.07. The van der Waals surface area contributed by atoms with E-state index >= 15 is 0 Å². The van der Waals surface area contributed by atoms with E-state index in [2.05, 4.69) is 25.5 Å². The molecule has 0 saturated carbocycles. The molecule has 0 aliphatic rings. The molecule has 0 atom stereocenters. The lowest BCUT2D eigenvalue weighted by Gasteiger charge is -2.08. The van der Waals surface area contributed by atoms with E-state index in [0.29, 0.717) is 29.1 Å². The standard InChI is InChI=1S/C18H19ClN6O.HI/c1-11-22-17(25-24-11)13-5-3-4-12(8-13)10-21-18(20)23-14-6-7-16(26-2)15(19)9-14;/h3-9H,10H2,1-2H3,(H3,20,21,23)(H,22,24,25);1H.